The summed E-state index contributed by atoms with van der Waals surface area (Å²) < 4.78 is 28.1. The Kier molecular flexibility index (Phi) is 5.70. The quantitative estimate of drug-likeness (QED) is 0.320. The highest BCUT2D eigenvalue weighted by Crippen LogP contribution is 2.14. The number of oxime groups is 1. The third-order valence-corrected chi connectivity index (χ3v) is 2.36. The Morgan fingerprint density at radius 2 is 2.05 bits per heavy atom. The monoisotopic (exact) mass is 287 g/mol. The van der Waals surface area contributed by atoms with Gasteiger partial charge in [0.2, 0.25) is 0 Å². The van der Waals surface area contributed by atoms with Crippen LogP contribution in [0.15, 0.2) is 29.4 Å². The number of alkyl halides is 2. The molecule has 0 aliphatic carbocycles. The molecule has 0 saturated heterocycles. The van der Waals surface area contributed by atoms with Crippen LogP contribution < -0.4 is 15.8 Å². The number of amides is 1. The average Bonchev–Trinajstić information content (AvgIpc) is 2.38. The molecule has 1 amide bonds. The Morgan fingerprint density at radius 3 is 2.55 bits per heavy atom. The molecule has 4 N–H and O–H groups in total. The van der Waals surface area contributed by atoms with Gasteiger partial charge in [0, 0.05) is 18.0 Å². The van der Waals surface area contributed by atoms with Crippen molar-refractivity contribution in [3.8, 4) is 5.75 Å². The lowest BCUT2D eigenvalue weighted by Gasteiger charge is -2.13. The van der Waals surface area contributed by atoms with Crippen molar-refractivity contribution in [2.75, 3.05) is 0 Å². The van der Waals surface area contributed by atoms with Crippen LogP contribution in [0.3, 0.4) is 0 Å². The first-order valence-corrected chi connectivity index (χ1v) is 5.74. The number of amidine groups is 1. The van der Waals surface area contributed by atoms with Crippen LogP contribution in [0.4, 0.5) is 8.78 Å². The first-order valence-electron chi connectivity index (χ1n) is 5.74. The lowest BCUT2D eigenvalue weighted by atomic mass is 10.1. The van der Waals surface area contributed by atoms with E-state index in [1.54, 1.807) is 6.92 Å². The standard InChI is InChI=1S/C12H15F2N3O3/c1-7(6-10(15)17-19)16-11(18)8-2-4-9(5-3-8)20-12(13)14/h2-5,7,12,19H,6H2,1H3,(H2,15,17)(H,16,18). The van der Waals surface area contributed by atoms with E-state index >= 15 is 0 Å². The van der Waals surface area contributed by atoms with Gasteiger partial charge in [-0.3, -0.25) is 4.79 Å². The first kappa shape index (κ1) is 15.7. The molecule has 0 fully saturated rings. The number of carbonyl (C=O) groups excluding carboxylic acids is 1. The zero-order valence-electron chi connectivity index (χ0n) is 10.7. The molecule has 0 saturated carbocycles. The Labute approximate surface area is 114 Å². The molecule has 0 heterocycles. The van der Waals surface area contributed by atoms with Crippen molar-refractivity contribution in [1.82, 2.24) is 5.32 Å². The zero-order chi connectivity index (χ0) is 15.1. The number of carbonyl (C=O) groups is 1. The van der Waals surface area contributed by atoms with E-state index < -0.39 is 12.5 Å². The molecule has 1 aromatic rings. The van der Waals surface area contributed by atoms with Crippen molar-refractivity contribution >= 4 is 11.7 Å². The number of ether oxygens (including phenoxy) is 1. The summed E-state index contributed by atoms with van der Waals surface area (Å²) in [5.74, 6) is -0.424. The third-order valence-electron chi connectivity index (χ3n) is 2.36. The van der Waals surface area contributed by atoms with E-state index in [9.17, 15) is 13.6 Å². The highest BCUT2D eigenvalue weighted by molar-refractivity contribution is 5.94. The van der Waals surface area contributed by atoms with Crippen LogP contribution in [0.2, 0.25) is 0 Å². The van der Waals surface area contributed by atoms with Gasteiger partial charge in [-0.2, -0.15) is 8.78 Å². The van der Waals surface area contributed by atoms with Gasteiger partial charge in [-0.25, -0.2) is 0 Å². The van der Waals surface area contributed by atoms with Crippen molar-refractivity contribution in [2.45, 2.75) is 26.0 Å². The number of hydrogen-bond donors (Lipinski definition) is 3. The number of benzene rings is 1. The molecule has 20 heavy (non-hydrogen) atoms. The number of halogens is 2. The Hall–Kier alpha value is -2.38. The third kappa shape index (κ3) is 5.09. The van der Waals surface area contributed by atoms with Gasteiger partial charge in [-0.05, 0) is 31.2 Å². The summed E-state index contributed by atoms with van der Waals surface area (Å²) in [5.41, 5.74) is 5.61. The molecular formula is C12H15F2N3O3. The van der Waals surface area contributed by atoms with Gasteiger partial charge < -0.3 is 21.0 Å². The SMILES string of the molecule is CC(CC(N)=NO)NC(=O)c1ccc(OC(F)F)cc1. The molecule has 0 radical (unpaired) electrons. The van der Waals surface area contributed by atoms with Crippen LogP contribution in [0.25, 0.3) is 0 Å². The van der Waals surface area contributed by atoms with Crippen LogP contribution >= 0.6 is 0 Å². The van der Waals surface area contributed by atoms with Gasteiger partial charge in [-0.15, -0.1) is 0 Å². The topological polar surface area (TPSA) is 96.9 Å². The first-order chi connectivity index (χ1) is 9.42. The summed E-state index contributed by atoms with van der Waals surface area (Å²) in [4.78, 5) is 11.8. The predicted molar refractivity (Wildman–Crippen MR) is 68.0 cm³/mol. The van der Waals surface area contributed by atoms with Gasteiger partial charge in [0.05, 0.1) is 0 Å². The van der Waals surface area contributed by atoms with Crippen molar-refractivity contribution in [3.05, 3.63) is 29.8 Å². The molecule has 110 valence electrons. The van der Waals surface area contributed by atoms with Crippen molar-refractivity contribution in [3.63, 3.8) is 0 Å². The van der Waals surface area contributed by atoms with E-state index in [4.69, 9.17) is 10.9 Å². The fraction of sp³-hybridized carbons (Fsp3) is 0.333. The van der Waals surface area contributed by atoms with E-state index in [1.165, 1.54) is 24.3 Å². The van der Waals surface area contributed by atoms with E-state index in [1.807, 2.05) is 0 Å². The molecule has 0 aliphatic heterocycles. The summed E-state index contributed by atoms with van der Waals surface area (Å²) in [7, 11) is 0. The molecule has 1 unspecified atom stereocenters. The minimum absolute atomic E-state index is 0.00141. The van der Waals surface area contributed by atoms with Gasteiger partial charge in [-0.1, -0.05) is 5.16 Å². The van der Waals surface area contributed by atoms with Crippen LogP contribution in [-0.2, 0) is 0 Å². The highest BCUT2D eigenvalue weighted by Gasteiger charge is 2.12. The average molecular weight is 287 g/mol. The van der Waals surface area contributed by atoms with Crippen molar-refractivity contribution in [1.29, 1.82) is 0 Å². The summed E-state index contributed by atoms with van der Waals surface area (Å²) >= 11 is 0. The maximum absolute atomic E-state index is 12.0. The maximum atomic E-state index is 12.0. The molecule has 6 nitrogen and oxygen atoms in total. The maximum Gasteiger partial charge on any atom is 0.387 e. The molecule has 1 rings (SSSR count). The van der Waals surface area contributed by atoms with Gasteiger partial charge >= 0.3 is 6.61 Å². The van der Waals surface area contributed by atoms with Crippen LogP contribution in [0, 0.1) is 0 Å². The predicted octanol–water partition coefficient (Wildman–Crippen LogP) is 1.54. The van der Waals surface area contributed by atoms with Crippen molar-refractivity contribution < 1.29 is 23.5 Å². The molecular weight excluding hydrogens is 272 g/mol. The Balaban J connectivity index is 2.59. The number of rotatable bonds is 6. The van der Waals surface area contributed by atoms with E-state index in [-0.39, 0.29) is 29.6 Å². The molecule has 0 spiro atoms. The van der Waals surface area contributed by atoms with Gasteiger partial charge in [0.15, 0.2) is 0 Å². The molecule has 1 aromatic carbocycles. The second-order valence-corrected chi connectivity index (χ2v) is 4.07. The molecule has 0 bridgehead atoms. The van der Waals surface area contributed by atoms with E-state index in [0.29, 0.717) is 0 Å². The molecule has 8 heteroatoms. The number of nitrogens with one attached hydrogen (secondary N) is 1. The van der Waals surface area contributed by atoms with Crippen LogP contribution in [0.1, 0.15) is 23.7 Å². The summed E-state index contributed by atoms with van der Waals surface area (Å²) in [6, 6.07) is 4.94. The van der Waals surface area contributed by atoms with Gasteiger partial charge in [0.1, 0.15) is 11.6 Å². The summed E-state index contributed by atoms with van der Waals surface area (Å²) in [5, 5.41) is 13.8. The molecule has 0 aliphatic rings. The van der Waals surface area contributed by atoms with Crippen molar-refractivity contribution in [2.24, 2.45) is 10.9 Å². The Bertz CT molecular complexity index is 477. The summed E-state index contributed by atoms with van der Waals surface area (Å²) in [6.45, 7) is -1.22. The van der Waals surface area contributed by atoms with Gasteiger partial charge in [0.25, 0.3) is 5.91 Å². The lowest BCUT2D eigenvalue weighted by Crippen LogP contribution is -2.35. The normalized spacial score (nSPS) is 13.1. The molecule has 1 atom stereocenters. The lowest BCUT2D eigenvalue weighted by molar-refractivity contribution is -0.0498. The fourth-order valence-electron chi connectivity index (χ4n) is 1.50. The minimum atomic E-state index is -2.91. The largest absolute Gasteiger partial charge is 0.435 e. The van der Waals surface area contributed by atoms with E-state index in [2.05, 4.69) is 15.2 Å². The fourth-order valence-corrected chi connectivity index (χ4v) is 1.50. The van der Waals surface area contributed by atoms with Crippen LogP contribution in [-0.4, -0.2) is 29.6 Å². The smallest absolute Gasteiger partial charge is 0.387 e. The second kappa shape index (κ2) is 7.27. The zero-order valence-corrected chi connectivity index (χ0v) is 10.7. The van der Waals surface area contributed by atoms with Crippen LogP contribution in [0.5, 0.6) is 5.75 Å². The highest BCUT2D eigenvalue weighted by atomic mass is 19.3. The molecule has 0 aromatic heterocycles. The number of nitrogens with two attached hydrogens (primary N) is 1. The number of hydrogen-bond acceptors (Lipinski definition) is 4. The summed E-state index contributed by atoms with van der Waals surface area (Å²) in [6.07, 6.45) is 0.189. The Morgan fingerprint density at radius 1 is 1.45 bits per heavy atom. The number of nitrogens with zero attached hydrogens (tertiary/aromatic N) is 1. The second-order valence-electron chi connectivity index (χ2n) is 4.07. The van der Waals surface area contributed by atoms with E-state index in [0.717, 1.165) is 0 Å². The minimum Gasteiger partial charge on any atom is -0.435 e.